The summed E-state index contributed by atoms with van der Waals surface area (Å²) in [6.45, 7) is 2.60. The smallest absolute Gasteiger partial charge is 0.262 e. The second-order valence-corrected chi connectivity index (χ2v) is 7.54. The average molecular weight is 420 g/mol. The molecule has 28 heavy (non-hydrogen) atoms. The van der Waals surface area contributed by atoms with Crippen LogP contribution in [0.2, 0.25) is 5.02 Å². The van der Waals surface area contributed by atoms with E-state index >= 15 is 0 Å². The van der Waals surface area contributed by atoms with Crippen LogP contribution in [0.5, 0.6) is 0 Å². The third-order valence-corrected chi connectivity index (χ3v) is 5.36. The molecule has 0 spiro atoms. The van der Waals surface area contributed by atoms with Crippen LogP contribution in [0.3, 0.4) is 0 Å². The highest BCUT2D eigenvalue weighted by Gasteiger charge is 2.13. The van der Waals surface area contributed by atoms with Gasteiger partial charge in [0.25, 0.3) is 5.56 Å². The van der Waals surface area contributed by atoms with Crippen molar-refractivity contribution in [1.82, 2.24) is 9.55 Å². The molecule has 0 radical (unpaired) electrons. The summed E-state index contributed by atoms with van der Waals surface area (Å²) in [7, 11) is 0. The number of hydrogen-bond donors (Lipinski definition) is 1. The van der Waals surface area contributed by atoms with Gasteiger partial charge in [0.1, 0.15) is 5.82 Å². The average Bonchev–Trinajstić information content (AvgIpc) is 2.69. The van der Waals surface area contributed by atoms with E-state index in [0.717, 1.165) is 12.8 Å². The summed E-state index contributed by atoms with van der Waals surface area (Å²) in [4.78, 5) is 29.7. The van der Waals surface area contributed by atoms with Gasteiger partial charge in [-0.2, -0.15) is 0 Å². The van der Waals surface area contributed by atoms with E-state index in [-0.39, 0.29) is 22.2 Å². The van der Waals surface area contributed by atoms with Gasteiger partial charge in [-0.25, -0.2) is 9.37 Å². The number of benzene rings is 2. The predicted molar refractivity (Wildman–Crippen MR) is 112 cm³/mol. The van der Waals surface area contributed by atoms with Crippen LogP contribution in [-0.2, 0) is 11.3 Å². The second kappa shape index (κ2) is 9.21. The van der Waals surface area contributed by atoms with Crippen LogP contribution in [0, 0.1) is 5.82 Å². The molecule has 1 N–H and O–H groups in total. The van der Waals surface area contributed by atoms with Crippen LogP contribution < -0.4 is 10.9 Å². The van der Waals surface area contributed by atoms with Crippen molar-refractivity contribution in [2.45, 2.75) is 31.5 Å². The third kappa shape index (κ3) is 4.72. The summed E-state index contributed by atoms with van der Waals surface area (Å²) < 4.78 is 14.9. The molecule has 3 aromatic rings. The molecular formula is C20H19ClFN3O2S. The number of nitrogens with zero attached hydrogens (tertiary/aromatic N) is 2. The molecule has 5 nitrogen and oxygen atoms in total. The minimum atomic E-state index is -0.547. The molecule has 0 saturated heterocycles. The lowest BCUT2D eigenvalue weighted by Crippen LogP contribution is -2.24. The maximum atomic E-state index is 13.2. The lowest BCUT2D eigenvalue weighted by molar-refractivity contribution is -0.113. The number of carbonyl (C=O) groups is 1. The number of fused-ring (bicyclic) bond motifs is 1. The van der Waals surface area contributed by atoms with E-state index in [1.165, 1.54) is 30.0 Å². The molecule has 3 rings (SSSR count). The number of aromatic nitrogens is 2. The van der Waals surface area contributed by atoms with Crippen molar-refractivity contribution in [2.75, 3.05) is 11.1 Å². The Bertz CT molecular complexity index is 1070. The topological polar surface area (TPSA) is 64.0 Å². The number of para-hydroxylation sites is 1. The first-order chi connectivity index (χ1) is 13.5. The van der Waals surface area contributed by atoms with Gasteiger partial charge in [-0.3, -0.25) is 14.2 Å². The highest BCUT2D eigenvalue weighted by molar-refractivity contribution is 7.99. The molecule has 0 fully saturated rings. The molecule has 0 bridgehead atoms. The summed E-state index contributed by atoms with van der Waals surface area (Å²) in [5, 5.41) is 3.68. The van der Waals surface area contributed by atoms with Gasteiger partial charge in [0.05, 0.1) is 21.7 Å². The molecule has 0 unspecified atom stereocenters. The van der Waals surface area contributed by atoms with Crippen LogP contribution >= 0.6 is 23.4 Å². The number of carbonyl (C=O) groups excluding carboxylic acids is 1. The Balaban J connectivity index is 1.79. The van der Waals surface area contributed by atoms with E-state index in [9.17, 15) is 14.0 Å². The molecule has 8 heteroatoms. The van der Waals surface area contributed by atoms with E-state index in [1.54, 1.807) is 16.7 Å². The maximum Gasteiger partial charge on any atom is 0.262 e. The largest absolute Gasteiger partial charge is 0.325 e. The van der Waals surface area contributed by atoms with Crippen molar-refractivity contribution < 1.29 is 9.18 Å². The Kier molecular flexibility index (Phi) is 6.70. The number of rotatable bonds is 7. The molecule has 1 heterocycles. The minimum absolute atomic E-state index is 0.0601. The van der Waals surface area contributed by atoms with Gasteiger partial charge in [-0.15, -0.1) is 0 Å². The predicted octanol–water partition coefficient (Wildman–Crippen LogP) is 4.72. The van der Waals surface area contributed by atoms with Gasteiger partial charge in [0.15, 0.2) is 5.16 Å². The van der Waals surface area contributed by atoms with Crippen LogP contribution in [0.25, 0.3) is 10.9 Å². The Labute approximate surface area is 170 Å². The van der Waals surface area contributed by atoms with Gasteiger partial charge in [0, 0.05) is 12.2 Å². The highest BCUT2D eigenvalue weighted by Crippen LogP contribution is 2.21. The quantitative estimate of drug-likeness (QED) is 0.444. The van der Waals surface area contributed by atoms with Crippen LogP contribution in [0.4, 0.5) is 10.1 Å². The molecule has 1 aromatic heterocycles. The van der Waals surface area contributed by atoms with Crippen LogP contribution in [0.1, 0.15) is 19.8 Å². The molecule has 0 aliphatic rings. The van der Waals surface area contributed by atoms with Gasteiger partial charge in [-0.05, 0) is 36.8 Å². The number of nitrogens with one attached hydrogen (secondary N) is 1. The monoisotopic (exact) mass is 419 g/mol. The highest BCUT2D eigenvalue weighted by atomic mass is 35.5. The van der Waals surface area contributed by atoms with E-state index in [1.807, 2.05) is 19.1 Å². The van der Waals surface area contributed by atoms with E-state index in [4.69, 9.17) is 11.6 Å². The summed E-state index contributed by atoms with van der Waals surface area (Å²) in [6, 6.07) is 11.2. The molecule has 146 valence electrons. The lowest BCUT2D eigenvalue weighted by atomic mass is 10.2. The molecule has 1 amide bonds. The van der Waals surface area contributed by atoms with Gasteiger partial charge in [0.2, 0.25) is 5.91 Å². The van der Waals surface area contributed by atoms with Crippen molar-refractivity contribution in [3.8, 4) is 0 Å². The normalized spacial score (nSPS) is 11.0. The van der Waals surface area contributed by atoms with Crippen molar-refractivity contribution in [2.24, 2.45) is 0 Å². The van der Waals surface area contributed by atoms with Gasteiger partial charge >= 0.3 is 0 Å². The fourth-order valence-corrected chi connectivity index (χ4v) is 3.68. The van der Waals surface area contributed by atoms with Crippen molar-refractivity contribution in [3.05, 3.63) is 63.7 Å². The van der Waals surface area contributed by atoms with Crippen molar-refractivity contribution >= 4 is 45.9 Å². The summed E-state index contributed by atoms with van der Waals surface area (Å²) in [5.74, 6) is -0.780. The first-order valence-corrected chi connectivity index (χ1v) is 10.2. The SMILES string of the molecule is CCCCn1c(SCC(=O)Nc2ccc(F)c(Cl)c2)nc2ccccc2c1=O. The number of hydrogen-bond acceptors (Lipinski definition) is 4. The number of amides is 1. The first kappa shape index (κ1) is 20.4. The zero-order valence-electron chi connectivity index (χ0n) is 15.2. The third-order valence-electron chi connectivity index (χ3n) is 4.10. The first-order valence-electron chi connectivity index (χ1n) is 8.87. The summed E-state index contributed by atoms with van der Waals surface area (Å²) >= 11 is 6.93. The summed E-state index contributed by atoms with van der Waals surface area (Å²) in [5.41, 5.74) is 0.910. The van der Waals surface area contributed by atoms with Crippen LogP contribution in [-0.4, -0.2) is 21.2 Å². The lowest BCUT2D eigenvalue weighted by Gasteiger charge is -2.13. The molecular weight excluding hydrogens is 401 g/mol. The molecule has 0 aliphatic heterocycles. The second-order valence-electron chi connectivity index (χ2n) is 6.19. The van der Waals surface area contributed by atoms with Crippen molar-refractivity contribution in [1.29, 1.82) is 0 Å². The number of thioether (sulfide) groups is 1. The van der Waals surface area contributed by atoms with Gasteiger partial charge < -0.3 is 5.32 Å². The molecule has 0 atom stereocenters. The fourth-order valence-electron chi connectivity index (χ4n) is 2.67. The molecule has 0 saturated carbocycles. The molecule has 2 aromatic carbocycles. The van der Waals surface area contributed by atoms with Crippen LogP contribution in [0.15, 0.2) is 52.4 Å². The zero-order valence-corrected chi connectivity index (χ0v) is 16.8. The summed E-state index contributed by atoms with van der Waals surface area (Å²) in [6.07, 6.45) is 1.78. The number of anilines is 1. The Hall–Kier alpha value is -2.38. The van der Waals surface area contributed by atoms with E-state index < -0.39 is 5.82 Å². The van der Waals surface area contributed by atoms with E-state index in [0.29, 0.717) is 28.3 Å². The Morgan fingerprint density at radius 2 is 2.07 bits per heavy atom. The van der Waals surface area contributed by atoms with E-state index in [2.05, 4.69) is 10.3 Å². The minimum Gasteiger partial charge on any atom is -0.325 e. The fraction of sp³-hybridized carbons (Fsp3) is 0.250. The standard InChI is InChI=1S/C20H19ClFN3O2S/c1-2-3-10-25-19(27)14-6-4-5-7-17(14)24-20(25)28-12-18(26)23-13-8-9-16(22)15(21)11-13/h4-9,11H,2-3,10,12H2,1H3,(H,23,26). The number of unbranched alkanes of at least 4 members (excludes halogenated alkanes) is 1. The Morgan fingerprint density at radius 1 is 1.29 bits per heavy atom. The maximum absolute atomic E-state index is 13.2. The van der Waals surface area contributed by atoms with Gasteiger partial charge in [-0.1, -0.05) is 48.8 Å². The Morgan fingerprint density at radius 3 is 2.82 bits per heavy atom. The van der Waals surface area contributed by atoms with Crippen molar-refractivity contribution in [3.63, 3.8) is 0 Å². The molecule has 0 aliphatic carbocycles. The zero-order chi connectivity index (χ0) is 20.1. The number of halogens is 2.